The summed E-state index contributed by atoms with van der Waals surface area (Å²) in [5, 5.41) is 7.26. The van der Waals surface area contributed by atoms with Crippen molar-refractivity contribution in [3.8, 4) is 11.5 Å². The van der Waals surface area contributed by atoms with E-state index in [-0.39, 0.29) is 6.04 Å². The number of para-hydroxylation sites is 1. The quantitative estimate of drug-likeness (QED) is 0.782. The molecular formula is C15H11FN4O. The lowest BCUT2D eigenvalue weighted by molar-refractivity contribution is 0.364. The summed E-state index contributed by atoms with van der Waals surface area (Å²) >= 11 is 0. The molecule has 0 saturated carbocycles. The zero-order chi connectivity index (χ0) is 14.2. The lowest BCUT2D eigenvalue weighted by Crippen LogP contribution is -2.05. The van der Waals surface area contributed by atoms with E-state index >= 15 is 0 Å². The number of pyridine rings is 1. The number of aromatic nitrogens is 3. The van der Waals surface area contributed by atoms with Gasteiger partial charge >= 0.3 is 0 Å². The largest absolute Gasteiger partial charge is 0.373 e. The maximum absolute atomic E-state index is 12.9. The third-order valence-electron chi connectivity index (χ3n) is 3.47. The van der Waals surface area contributed by atoms with Gasteiger partial charge in [-0.1, -0.05) is 23.4 Å². The number of nitrogens with zero attached hydrogens (tertiary/aromatic N) is 3. The van der Waals surface area contributed by atoms with Crippen LogP contribution in [0.2, 0.25) is 0 Å². The van der Waals surface area contributed by atoms with Crippen molar-refractivity contribution in [3.05, 3.63) is 59.9 Å². The summed E-state index contributed by atoms with van der Waals surface area (Å²) in [6.07, 6.45) is 1.93. The van der Waals surface area contributed by atoms with E-state index in [1.54, 1.807) is 0 Å². The van der Waals surface area contributed by atoms with Gasteiger partial charge < -0.3 is 9.84 Å². The maximum Gasteiger partial charge on any atom is 0.249 e. The van der Waals surface area contributed by atoms with Crippen LogP contribution < -0.4 is 5.32 Å². The minimum absolute atomic E-state index is 0.0379. The molecular weight excluding hydrogens is 271 g/mol. The zero-order valence-electron chi connectivity index (χ0n) is 11.0. The molecule has 0 amide bonds. The number of anilines is 1. The number of hydrogen-bond donors (Lipinski definition) is 1. The van der Waals surface area contributed by atoms with Gasteiger partial charge in [0.15, 0.2) is 0 Å². The van der Waals surface area contributed by atoms with Crippen molar-refractivity contribution < 1.29 is 8.91 Å². The molecule has 2 aromatic heterocycles. The average Bonchev–Trinajstić information content (AvgIpc) is 3.14. The molecule has 1 N–H and O–H groups in total. The minimum Gasteiger partial charge on any atom is -0.373 e. The molecule has 0 radical (unpaired) electrons. The topological polar surface area (TPSA) is 63.8 Å². The monoisotopic (exact) mass is 282 g/mol. The van der Waals surface area contributed by atoms with Crippen molar-refractivity contribution in [3.63, 3.8) is 0 Å². The van der Waals surface area contributed by atoms with Crippen LogP contribution in [0.15, 0.2) is 47.1 Å². The van der Waals surface area contributed by atoms with Gasteiger partial charge in [-0.15, -0.1) is 0 Å². The first-order valence-electron chi connectivity index (χ1n) is 6.59. The Labute approximate surface area is 119 Å². The van der Waals surface area contributed by atoms with E-state index in [1.807, 2.05) is 18.2 Å². The van der Waals surface area contributed by atoms with Crippen molar-refractivity contribution in [2.24, 2.45) is 0 Å². The van der Waals surface area contributed by atoms with E-state index in [1.165, 1.54) is 17.7 Å². The molecule has 1 aliphatic heterocycles. The second-order valence-electron chi connectivity index (χ2n) is 4.88. The molecule has 0 saturated heterocycles. The summed E-state index contributed by atoms with van der Waals surface area (Å²) in [7, 11) is 0. The number of benzene rings is 1. The van der Waals surface area contributed by atoms with E-state index in [4.69, 9.17) is 4.52 Å². The first kappa shape index (κ1) is 12.0. The van der Waals surface area contributed by atoms with E-state index in [9.17, 15) is 4.39 Å². The molecule has 6 heteroatoms. The second-order valence-corrected chi connectivity index (χ2v) is 4.88. The van der Waals surface area contributed by atoms with Crippen molar-refractivity contribution in [1.29, 1.82) is 0 Å². The summed E-state index contributed by atoms with van der Waals surface area (Å²) in [6.45, 7) is 0. The molecule has 4 rings (SSSR count). The minimum atomic E-state index is -0.393. The number of fused-ring (bicyclic) bond motifs is 1. The van der Waals surface area contributed by atoms with Gasteiger partial charge in [-0.25, -0.2) is 9.37 Å². The second kappa shape index (κ2) is 4.66. The van der Waals surface area contributed by atoms with Gasteiger partial charge in [-0.05, 0) is 23.8 Å². The lowest BCUT2D eigenvalue weighted by Gasteiger charge is -2.04. The van der Waals surface area contributed by atoms with Gasteiger partial charge in [0.25, 0.3) is 0 Å². The van der Waals surface area contributed by atoms with Crippen molar-refractivity contribution in [2.75, 3.05) is 5.32 Å². The molecule has 104 valence electrons. The highest BCUT2D eigenvalue weighted by Crippen LogP contribution is 2.33. The number of halogens is 1. The summed E-state index contributed by atoms with van der Waals surface area (Å²) in [5.74, 6) is 0.477. The van der Waals surface area contributed by atoms with Gasteiger partial charge in [0.2, 0.25) is 11.7 Å². The summed E-state index contributed by atoms with van der Waals surface area (Å²) in [5.41, 5.74) is 2.80. The molecule has 1 unspecified atom stereocenters. The van der Waals surface area contributed by atoms with Gasteiger partial charge in [0.05, 0.1) is 6.20 Å². The predicted molar refractivity (Wildman–Crippen MR) is 74.0 cm³/mol. The molecule has 1 aliphatic rings. The fourth-order valence-corrected chi connectivity index (χ4v) is 2.44. The number of hydrogen-bond acceptors (Lipinski definition) is 5. The van der Waals surface area contributed by atoms with E-state index in [0.717, 1.165) is 18.3 Å². The fraction of sp³-hybridized carbons (Fsp3) is 0.133. The standard InChI is InChI=1S/C15H11FN4O/c16-10-5-6-12(17-8-10)14-19-15(21-20-14)13-7-9-3-1-2-4-11(9)18-13/h1-6,8,13,18H,7H2. The number of nitrogens with one attached hydrogen (secondary N) is 1. The molecule has 5 nitrogen and oxygen atoms in total. The average molecular weight is 282 g/mol. The molecule has 1 atom stereocenters. The zero-order valence-corrected chi connectivity index (χ0v) is 11.0. The molecule has 21 heavy (non-hydrogen) atoms. The smallest absolute Gasteiger partial charge is 0.249 e. The highest BCUT2D eigenvalue weighted by Gasteiger charge is 2.26. The molecule has 0 fully saturated rings. The first-order chi connectivity index (χ1) is 10.3. The van der Waals surface area contributed by atoms with Crippen LogP contribution in [0.1, 0.15) is 17.5 Å². The highest BCUT2D eigenvalue weighted by molar-refractivity contribution is 5.57. The third-order valence-corrected chi connectivity index (χ3v) is 3.47. The third kappa shape index (κ3) is 2.14. The van der Waals surface area contributed by atoms with Crippen LogP contribution in [0.3, 0.4) is 0 Å². The molecule has 1 aromatic carbocycles. The van der Waals surface area contributed by atoms with Gasteiger partial charge in [-0.2, -0.15) is 4.98 Å². The molecule has 0 aliphatic carbocycles. The van der Waals surface area contributed by atoms with Crippen LogP contribution in [0.5, 0.6) is 0 Å². The van der Waals surface area contributed by atoms with E-state index < -0.39 is 5.82 Å². The van der Waals surface area contributed by atoms with Gasteiger partial charge in [0, 0.05) is 12.1 Å². The van der Waals surface area contributed by atoms with Crippen LogP contribution in [0.25, 0.3) is 11.5 Å². The van der Waals surface area contributed by atoms with Crippen LogP contribution in [-0.2, 0) is 6.42 Å². The van der Waals surface area contributed by atoms with E-state index in [2.05, 4.69) is 26.5 Å². The lowest BCUT2D eigenvalue weighted by atomic mass is 10.1. The van der Waals surface area contributed by atoms with Crippen molar-refractivity contribution in [1.82, 2.24) is 15.1 Å². The molecule has 3 aromatic rings. The Morgan fingerprint density at radius 2 is 2.10 bits per heavy atom. The molecule has 0 spiro atoms. The van der Waals surface area contributed by atoms with E-state index in [0.29, 0.717) is 17.4 Å². The Morgan fingerprint density at radius 3 is 2.90 bits per heavy atom. The van der Waals surface area contributed by atoms with Crippen molar-refractivity contribution >= 4 is 5.69 Å². The Balaban J connectivity index is 1.60. The van der Waals surface area contributed by atoms with Gasteiger partial charge in [-0.3, -0.25) is 0 Å². The molecule has 3 heterocycles. The highest BCUT2D eigenvalue weighted by atomic mass is 19.1. The normalized spacial score (nSPS) is 16.5. The Morgan fingerprint density at radius 1 is 1.19 bits per heavy atom. The summed E-state index contributed by atoms with van der Waals surface area (Å²) in [4.78, 5) is 8.30. The van der Waals surface area contributed by atoms with Crippen LogP contribution in [0.4, 0.5) is 10.1 Å². The fourth-order valence-electron chi connectivity index (χ4n) is 2.44. The SMILES string of the molecule is Fc1ccc(-c2noc(C3Cc4ccccc4N3)n2)nc1. The van der Waals surface area contributed by atoms with Crippen molar-refractivity contribution in [2.45, 2.75) is 12.5 Å². The Kier molecular flexibility index (Phi) is 2.67. The Bertz CT molecular complexity index is 759. The van der Waals surface area contributed by atoms with Gasteiger partial charge in [0.1, 0.15) is 17.6 Å². The maximum atomic E-state index is 12.9. The van der Waals surface area contributed by atoms with Crippen LogP contribution in [0, 0.1) is 5.82 Å². The number of rotatable bonds is 2. The Hall–Kier alpha value is -2.76. The molecule has 0 bridgehead atoms. The first-order valence-corrected chi connectivity index (χ1v) is 6.59. The summed E-state index contributed by atoms with van der Waals surface area (Å²) < 4.78 is 18.2. The van der Waals surface area contributed by atoms with Crippen LogP contribution >= 0.6 is 0 Å². The van der Waals surface area contributed by atoms with Crippen LogP contribution in [-0.4, -0.2) is 15.1 Å². The summed E-state index contributed by atoms with van der Waals surface area (Å²) in [6, 6.07) is 10.9. The predicted octanol–water partition coefficient (Wildman–Crippen LogP) is 2.98.